The molecule has 4 aromatic carbocycles. The van der Waals surface area contributed by atoms with E-state index >= 15 is 0 Å². The first-order valence-electron chi connectivity index (χ1n) is 16.7. The Morgan fingerprint density at radius 2 is 1.67 bits per heavy atom. The van der Waals surface area contributed by atoms with Gasteiger partial charge in [-0.3, -0.25) is 0 Å². The Labute approximate surface area is 275 Å². The van der Waals surface area contributed by atoms with E-state index in [4.69, 9.17) is 0 Å². The quantitative estimate of drug-likeness (QED) is 0.217. The Morgan fingerprint density at radius 3 is 2.54 bits per heavy atom. The maximum atomic E-state index is 3.72. The number of anilines is 3. The zero-order valence-electron chi connectivity index (χ0n) is 26.7. The lowest BCUT2D eigenvalue weighted by molar-refractivity contribution is 0.544. The summed E-state index contributed by atoms with van der Waals surface area (Å²) in [6.45, 7) is 7.09. The van der Waals surface area contributed by atoms with Crippen LogP contribution in [0.4, 0.5) is 17.1 Å². The van der Waals surface area contributed by atoms with Gasteiger partial charge in [-0.15, -0.1) is 11.3 Å². The Balaban J connectivity index is 1.23. The Bertz CT molecular complexity index is 2200. The molecule has 3 unspecified atom stereocenters. The number of thiophene rings is 1. The summed E-state index contributed by atoms with van der Waals surface area (Å²) >= 11 is 1.90. The summed E-state index contributed by atoms with van der Waals surface area (Å²) in [7, 11) is 0. The standard InChI is InChI=1S/C43H38N2S/c1-4-40-44-36-13-6-7-14-37(36)45(40)30-20-17-28(18-21-30)41-34-25-27(2)16-22-32(34)42(43(3)24-10-9-12-35(41)43)29-19-23-39-33(26-29)31-11-5-8-15-38(31)46-39/h5-23,26-27,40,44H,4,24-25H2,1-3H3. The highest BCUT2D eigenvalue weighted by Gasteiger charge is 2.43. The lowest BCUT2D eigenvalue weighted by Crippen LogP contribution is -2.31. The maximum Gasteiger partial charge on any atom is 0.104 e. The van der Waals surface area contributed by atoms with Crippen molar-refractivity contribution in [2.45, 2.75) is 46.2 Å². The fourth-order valence-electron chi connectivity index (χ4n) is 8.45. The fourth-order valence-corrected chi connectivity index (χ4v) is 9.53. The van der Waals surface area contributed by atoms with Crippen LogP contribution in [0.2, 0.25) is 0 Å². The molecule has 1 aliphatic heterocycles. The number of para-hydroxylation sites is 2. The van der Waals surface area contributed by atoms with Gasteiger partial charge in [-0.1, -0.05) is 99.7 Å². The lowest BCUT2D eigenvalue weighted by Gasteiger charge is -2.45. The fraction of sp³-hybridized carbons (Fsp3) is 0.209. The zero-order valence-corrected chi connectivity index (χ0v) is 27.5. The zero-order chi connectivity index (χ0) is 31.0. The van der Waals surface area contributed by atoms with Gasteiger partial charge in [-0.2, -0.15) is 0 Å². The van der Waals surface area contributed by atoms with Crippen molar-refractivity contribution in [2.24, 2.45) is 11.3 Å². The van der Waals surface area contributed by atoms with Crippen molar-refractivity contribution in [2.75, 3.05) is 10.2 Å². The molecule has 4 aliphatic rings. The van der Waals surface area contributed by atoms with Crippen LogP contribution in [-0.4, -0.2) is 6.17 Å². The second kappa shape index (κ2) is 10.5. The monoisotopic (exact) mass is 614 g/mol. The van der Waals surface area contributed by atoms with Crippen LogP contribution < -0.4 is 10.2 Å². The van der Waals surface area contributed by atoms with Crippen molar-refractivity contribution in [3.05, 3.63) is 149 Å². The predicted octanol–water partition coefficient (Wildman–Crippen LogP) is 12.1. The summed E-state index contributed by atoms with van der Waals surface area (Å²) in [6.07, 6.45) is 15.3. The highest BCUT2D eigenvalue weighted by molar-refractivity contribution is 7.25. The lowest BCUT2D eigenvalue weighted by atomic mass is 9.58. The molecular formula is C43H38N2S. The molecule has 226 valence electrons. The van der Waals surface area contributed by atoms with Crippen LogP contribution in [0, 0.1) is 11.3 Å². The van der Waals surface area contributed by atoms with Crippen molar-refractivity contribution in [3.63, 3.8) is 0 Å². The predicted molar refractivity (Wildman–Crippen MR) is 199 cm³/mol. The molecule has 0 radical (unpaired) electrons. The Morgan fingerprint density at radius 1 is 0.891 bits per heavy atom. The number of benzene rings is 4. The number of fused-ring (bicyclic) bond motifs is 6. The number of hydrogen-bond donors (Lipinski definition) is 1. The van der Waals surface area contributed by atoms with Gasteiger partial charge in [-0.05, 0) is 107 Å². The van der Waals surface area contributed by atoms with E-state index in [-0.39, 0.29) is 11.6 Å². The minimum absolute atomic E-state index is 0.128. The van der Waals surface area contributed by atoms with Crippen molar-refractivity contribution in [1.29, 1.82) is 0 Å². The summed E-state index contributed by atoms with van der Waals surface area (Å²) in [5.41, 5.74) is 13.5. The van der Waals surface area contributed by atoms with E-state index < -0.39 is 0 Å². The van der Waals surface area contributed by atoms with Gasteiger partial charge in [0.1, 0.15) is 6.17 Å². The first-order valence-corrected chi connectivity index (χ1v) is 17.6. The molecule has 2 heterocycles. The van der Waals surface area contributed by atoms with Crippen LogP contribution in [0.1, 0.15) is 51.2 Å². The third-order valence-corrected chi connectivity index (χ3v) is 11.8. The summed E-state index contributed by atoms with van der Waals surface area (Å²) < 4.78 is 2.72. The molecule has 5 aromatic rings. The SMILES string of the molecule is CCC1Nc2ccccc2N1c1ccc(C2=C3CC(C)C=CC3=C(c3ccc4sc5ccccc5c4c3)C3(C)CC=CC=C23)cc1. The van der Waals surface area contributed by atoms with E-state index in [0.29, 0.717) is 5.92 Å². The molecular weight excluding hydrogens is 577 g/mol. The van der Waals surface area contributed by atoms with Crippen molar-refractivity contribution in [1.82, 2.24) is 0 Å². The van der Waals surface area contributed by atoms with E-state index in [1.165, 1.54) is 76.2 Å². The maximum absolute atomic E-state index is 3.72. The minimum atomic E-state index is -0.128. The first-order chi connectivity index (χ1) is 22.5. The van der Waals surface area contributed by atoms with Crippen molar-refractivity contribution >= 4 is 59.7 Å². The normalized spacial score (nSPS) is 23.5. The number of allylic oxidation sites excluding steroid dienone is 10. The molecule has 0 bridgehead atoms. The molecule has 1 aromatic heterocycles. The molecule has 0 amide bonds. The van der Waals surface area contributed by atoms with Crippen molar-refractivity contribution < 1.29 is 0 Å². The topological polar surface area (TPSA) is 15.3 Å². The highest BCUT2D eigenvalue weighted by Crippen LogP contribution is 2.59. The van der Waals surface area contributed by atoms with Crippen LogP contribution in [0.25, 0.3) is 31.3 Å². The van der Waals surface area contributed by atoms with Crippen LogP contribution in [-0.2, 0) is 0 Å². The summed E-state index contributed by atoms with van der Waals surface area (Å²) in [4.78, 5) is 2.46. The highest BCUT2D eigenvalue weighted by atomic mass is 32.1. The summed E-state index contributed by atoms with van der Waals surface area (Å²) in [6, 6.07) is 34.2. The van der Waals surface area contributed by atoms with E-state index in [9.17, 15) is 0 Å². The van der Waals surface area contributed by atoms with Gasteiger partial charge < -0.3 is 10.2 Å². The summed E-state index contributed by atoms with van der Waals surface area (Å²) in [5, 5.41) is 6.45. The van der Waals surface area contributed by atoms with Crippen LogP contribution in [0.5, 0.6) is 0 Å². The summed E-state index contributed by atoms with van der Waals surface area (Å²) in [5.74, 6) is 0.499. The molecule has 0 fully saturated rings. The van der Waals surface area contributed by atoms with Gasteiger partial charge in [0.25, 0.3) is 0 Å². The molecule has 3 atom stereocenters. The van der Waals surface area contributed by atoms with Gasteiger partial charge in [0.2, 0.25) is 0 Å². The van der Waals surface area contributed by atoms with E-state index in [0.717, 1.165) is 19.3 Å². The van der Waals surface area contributed by atoms with Gasteiger partial charge >= 0.3 is 0 Å². The van der Waals surface area contributed by atoms with Gasteiger partial charge in [-0.25, -0.2) is 0 Å². The van der Waals surface area contributed by atoms with Crippen LogP contribution in [0.15, 0.2) is 138 Å². The van der Waals surface area contributed by atoms with Gasteiger partial charge in [0, 0.05) is 31.3 Å². The Kier molecular flexibility index (Phi) is 6.30. The molecule has 3 aliphatic carbocycles. The number of hydrogen-bond acceptors (Lipinski definition) is 3. The number of rotatable bonds is 4. The molecule has 1 N–H and O–H groups in total. The smallest absolute Gasteiger partial charge is 0.104 e. The van der Waals surface area contributed by atoms with Gasteiger partial charge in [0.05, 0.1) is 11.4 Å². The molecule has 0 saturated carbocycles. The average Bonchev–Trinajstić information content (AvgIpc) is 3.65. The van der Waals surface area contributed by atoms with E-state index in [1.54, 1.807) is 0 Å². The molecule has 0 saturated heterocycles. The molecule has 9 rings (SSSR count). The second-order valence-corrected chi connectivity index (χ2v) is 14.6. The molecule has 2 nitrogen and oxygen atoms in total. The Hall–Kier alpha value is -4.60. The van der Waals surface area contributed by atoms with Crippen LogP contribution >= 0.6 is 11.3 Å². The van der Waals surface area contributed by atoms with Gasteiger partial charge in [0.15, 0.2) is 0 Å². The molecule has 0 spiro atoms. The van der Waals surface area contributed by atoms with Crippen molar-refractivity contribution in [3.8, 4) is 0 Å². The first kappa shape index (κ1) is 27.7. The number of nitrogens with zero attached hydrogens (tertiary/aromatic N) is 1. The third kappa shape index (κ3) is 4.08. The van der Waals surface area contributed by atoms with Crippen LogP contribution in [0.3, 0.4) is 0 Å². The van der Waals surface area contributed by atoms with E-state index in [1.807, 2.05) is 11.3 Å². The second-order valence-electron chi connectivity index (χ2n) is 13.5. The number of nitrogens with one attached hydrogen (secondary N) is 1. The minimum Gasteiger partial charge on any atom is -0.363 e. The largest absolute Gasteiger partial charge is 0.363 e. The van der Waals surface area contributed by atoms with E-state index in [2.05, 4.69) is 152 Å². The average molecular weight is 615 g/mol. The third-order valence-electron chi connectivity index (χ3n) is 10.6. The molecule has 3 heteroatoms. The molecule has 46 heavy (non-hydrogen) atoms.